The molecule has 6 heteroatoms. The molecule has 2 atom stereocenters. The van der Waals surface area contributed by atoms with Crippen LogP contribution in [0, 0.1) is 18.7 Å². The van der Waals surface area contributed by atoms with E-state index >= 15 is 0 Å². The van der Waals surface area contributed by atoms with E-state index in [1.54, 1.807) is 13.0 Å². The molecule has 2 unspecified atom stereocenters. The number of amidine groups is 1. The second kappa shape index (κ2) is 5.90. The van der Waals surface area contributed by atoms with Gasteiger partial charge >= 0.3 is 0 Å². The largest absolute Gasteiger partial charge is 0.409 e. The zero-order valence-electron chi connectivity index (χ0n) is 11.3. The number of carbonyl (C=O) groups excluding carboxylic acids is 1. The van der Waals surface area contributed by atoms with Crippen molar-refractivity contribution in [2.45, 2.75) is 32.2 Å². The number of hydrogen-bond donors (Lipinski definition) is 3. The van der Waals surface area contributed by atoms with E-state index in [1.807, 2.05) is 0 Å². The Morgan fingerprint density at radius 3 is 2.90 bits per heavy atom. The van der Waals surface area contributed by atoms with Gasteiger partial charge in [0.05, 0.1) is 5.56 Å². The summed E-state index contributed by atoms with van der Waals surface area (Å²) in [7, 11) is 0. The number of nitrogens with one attached hydrogen (secondary N) is 1. The minimum absolute atomic E-state index is 0.0146. The van der Waals surface area contributed by atoms with Gasteiger partial charge in [0.2, 0.25) is 0 Å². The van der Waals surface area contributed by atoms with Crippen LogP contribution in [0.25, 0.3) is 0 Å². The summed E-state index contributed by atoms with van der Waals surface area (Å²) < 4.78 is 13.7. The number of amides is 1. The maximum Gasteiger partial charge on any atom is 0.254 e. The Bertz CT molecular complexity index is 545. The van der Waals surface area contributed by atoms with E-state index in [9.17, 15) is 9.18 Å². The molecule has 108 valence electrons. The van der Waals surface area contributed by atoms with Crippen molar-refractivity contribution < 1.29 is 14.4 Å². The molecule has 0 aromatic heterocycles. The molecule has 5 nitrogen and oxygen atoms in total. The molecule has 1 aliphatic carbocycles. The number of benzene rings is 1. The third kappa shape index (κ3) is 2.89. The number of halogens is 1. The topological polar surface area (TPSA) is 87.7 Å². The maximum atomic E-state index is 13.7. The third-order valence-electron chi connectivity index (χ3n) is 3.70. The molecule has 0 saturated heterocycles. The Labute approximate surface area is 116 Å². The minimum Gasteiger partial charge on any atom is -0.409 e. The number of nitrogens with two attached hydrogens (primary N) is 1. The highest BCUT2D eigenvalue weighted by molar-refractivity contribution is 5.95. The first-order valence-corrected chi connectivity index (χ1v) is 6.57. The van der Waals surface area contributed by atoms with Gasteiger partial charge in [-0.3, -0.25) is 4.79 Å². The SMILES string of the molecule is Cc1ccc(C(=O)NC2CCCC2/C(N)=N/O)c(F)c1. The van der Waals surface area contributed by atoms with Crippen LogP contribution in [0.5, 0.6) is 0 Å². The highest BCUT2D eigenvalue weighted by Gasteiger charge is 2.32. The van der Waals surface area contributed by atoms with Gasteiger partial charge in [-0.2, -0.15) is 0 Å². The highest BCUT2D eigenvalue weighted by atomic mass is 19.1. The quantitative estimate of drug-likeness (QED) is 0.341. The Kier molecular flexibility index (Phi) is 4.22. The Morgan fingerprint density at radius 2 is 2.25 bits per heavy atom. The van der Waals surface area contributed by atoms with Gasteiger partial charge in [0, 0.05) is 12.0 Å². The molecule has 1 amide bonds. The average Bonchev–Trinajstić information content (AvgIpc) is 2.85. The van der Waals surface area contributed by atoms with Crippen LogP contribution in [0.3, 0.4) is 0 Å². The molecule has 1 aromatic carbocycles. The van der Waals surface area contributed by atoms with E-state index in [0.717, 1.165) is 24.8 Å². The first-order valence-electron chi connectivity index (χ1n) is 6.57. The lowest BCUT2D eigenvalue weighted by molar-refractivity contribution is 0.0929. The monoisotopic (exact) mass is 279 g/mol. The predicted octanol–water partition coefficient (Wildman–Crippen LogP) is 1.78. The molecule has 0 radical (unpaired) electrons. The second-order valence-electron chi connectivity index (χ2n) is 5.13. The fraction of sp³-hybridized carbons (Fsp3) is 0.429. The van der Waals surface area contributed by atoms with E-state index in [4.69, 9.17) is 10.9 Å². The zero-order chi connectivity index (χ0) is 14.7. The summed E-state index contributed by atoms with van der Waals surface area (Å²) in [4.78, 5) is 12.1. The second-order valence-corrected chi connectivity index (χ2v) is 5.13. The maximum absolute atomic E-state index is 13.7. The smallest absolute Gasteiger partial charge is 0.254 e. The number of aryl methyl sites for hydroxylation is 1. The van der Waals surface area contributed by atoms with Gasteiger partial charge in [0.25, 0.3) is 5.91 Å². The lowest BCUT2D eigenvalue weighted by atomic mass is 10.0. The Balaban J connectivity index is 2.11. The Morgan fingerprint density at radius 1 is 1.50 bits per heavy atom. The van der Waals surface area contributed by atoms with Crippen LogP contribution in [0.2, 0.25) is 0 Å². The van der Waals surface area contributed by atoms with Crippen molar-refractivity contribution in [3.8, 4) is 0 Å². The molecule has 1 saturated carbocycles. The van der Waals surface area contributed by atoms with Gasteiger partial charge in [-0.15, -0.1) is 0 Å². The molecular formula is C14H18FN3O2. The first-order chi connectivity index (χ1) is 9.52. The Hall–Kier alpha value is -2.11. The summed E-state index contributed by atoms with van der Waals surface area (Å²) in [6.07, 6.45) is 2.36. The molecule has 20 heavy (non-hydrogen) atoms. The first kappa shape index (κ1) is 14.3. The molecule has 2 rings (SSSR count). The lowest BCUT2D eigenvalue weighted by Gasteiger charge is -2.20. The van der Waals surface area contributed by atoms with Gasteiger partial charge < -0.3 is 16.3 Å². The molecule has 0 aliphatic heterocycles. The summed E-state index contributed by atoms with van der Waals surface area (Å²) in [5.41, 5.74) is 6.38. The van der Waals surface area contributed by atoms with Gasteiger partial charge in [-0.1, -0.05) is 17.6 Å². The molecule has 1 fully saturated rings. The van der Waals surface area contributed by atoms with E-state index < -0.39 is 11.7 Å². The summed E-state index contributed by atoms with van der Waals surface area (Å²) in [6, 6.07) is 4.25. The number of oxime groups is 1. The van der Waals surface area contributed by atoms with Crippen LogP contribution in [0.1, 0.15) is 35.2 Å². The predicted molar refractivity (Wildman–Crippen MR) is 73.1 cm³/mol. The van der Waals surface area contributed by atoms with Crippen LogP contribution in [0.4, 0.5) is 4.39 Å². The number of hydrogen-bond acceptors (Lipinski definition) is 3. The summed E-state index contributed by atoms with van der Waals surface area (Å²) in [5.74, 6) is -1.10. The van der Waals surface area contributed by atoms with Gasteiger partial charge in [-0.05, 0) is 37.5 Å². The summed E-state index contributed by atoms with van der Waals surface area (Å²) in [6.45, 7) is 1.76. The molecule has 0 spiro atoms. The molecule has 0 bridgehead atoms. The highest BCUT2D eigenvalue weighted by Crippen LogP contribution is 2.26. The van der Waals surface area contributed by atoms with E-state index in [2.05, 4.69) is 10.5 Å². The van der Waals surface area contributed by atoms with Crippen molar-refractivity contribution in [1.29, 1.82) is 0 Å². The number of nitrogens with zero attached hydrogens (tertiary/aromatic N) is 1. The van der Waals surface area contributed by atoms with E-state index in [-0.39, 0.29) is 23.4 Å². The van der Waals surface area contributed by atoms with Crippen molar-refractivity contribution in [3.63, 3.8) is 0 Å². The van der Waals surface area contributed by atoms with Crippen LogP contribution in [0.15, 0.2) is 23.4 Å². The molecule has 0 heterocycles. The van der Waals surface area contributed by atoms with Crippen LogP contribution >= 0.6 is 0 Å². The summed E-state index contributed by atoms with van der Waals surface area (Å²) >= 11 is 0. The van der Waals surface area contributed by atoms with Gasteiger partial charge in [0.15, 0.2) is 0 Å². The van der Waals surface area contributed by atoms with Crippen LogP contribution < -0.4 is 11.1 Å². The van der Waals surface area contributed by atoms with Crippen molar-refractivity contribution in [3.05, 3.63) is 35.1 Å². The number of rotatable bonds is 3. The molecule has 1 aromatic rings. The van der Waals surface area contributed by atoms with Crippen molar-refractivity contribution in [2.75, 3.05) is 0 Å². The van der Waals surface area contributed by atoms with Gasteiger partial charge in [-0.25, -0.2) is 4.39 Å². The molecule has 4 N–H and O–H groups in total. The fourth-order valence-electron chi connectivity index (χ4n) is 2.61. The van der Waals surface area contributed by atoms with Crippen molar-refractivity contribution in [2.24, 2.45) is 16.8 Å². The minimum atomic E-state index is -0.541. The van der Waals surface area contributed by atoms with E-state index in [0.29, 0.717) is 0 Å². The van der Waals surface area contributed by atoms with Gasteiger partial charge in [0.1, 0.15) is 11.7 Å². The fourth-order valence-corrected chi connectivity index (χ4v) is 2.61. The standard InChI is InChI=1S/C14H18FN3O2/c1-8-5-6-9(11(15)7-8)14(19)17-12-4-2-3-10(12)13(16)18-20/h5-7,10,12,20H,2-4H2,1H3,(H2,16,18)(H,17,19). The zero-order valence-corrected chi connectivity index (χ0v) is 11.3. The number of carbonyl (C=O) groups is 1. The van der Waals surface area contributed by atoms with Crippen LogP contribution in [-0.4, -0.2) is 23.0 Å². The summed E-state index contributed by atoms with van der Waals surface area (Å²) in [5, 5.41) is 14.5. The normalized spacial score (nSPS) is 22.8. The van der Waals surface area contributed by atoms with E-state index in [1.165, 1.54) is 12.1 Å². The van der Waals surface area contributed by atoms with Crippen LogP contribution in [-0.2, 0) is 0 Å². The average molecular weight is 279 g/mol. The lowest BCUT2D eigenvalue weighted by Crippen LogP contribution is -2.42. The van der Waals surface area contributed by atoms with Crippen molar-refractivity contribution in [1.82, 2.24) is 5.32 Å². The molecule has 1 aliphatic rings. The molecular weight excluding hydrogens is 261 g/mol. The van der Waals surface area contributed by atoms with Crippen molar-refractivity contribution >= 4 is 11.7 Å². The third-order valence-corrected chi connectivity index (χ3v) is 3.70.